The number of hydrogen-bond acceptors (Lipinski definition) is 3. The molecule has 1 N–H and O–H groups in total. The monoisotopic (exact) mass is 192 g/mol. The van der Waals surface area contributed by atoms with Crippen LogP contribution in [0.25, 0.3) is 0 Å². The first-order valence-corrected chi connectivity index (χ1v) is 4.63. The fraction of sp³-hybridized carbons (Fsp3) is 0.500. The molecule has 14 heavy (non-hydrogen) atoms. The molecule has 0 radical (unpaired) electrons. The van der Waals surface area contributed by atoms with Crippen molar-refractivity contribution in [3.63, 3.8) is 0 Å². The zero-order valence-electron chi connectivity index (χ0n) is 8.03. The average molecular weight is 192 g/mol. The number of rotatable bonds is 3. The summed E-state index contributed by atoms with van der Waals surface area (Å²) in [7, 11) is 0. The number of carboxylic acid groups (broad SMARTS) is 1. The van der Waals surface area contributed by atoms with Gasteiger partial charge in [-0.1, -0.05) is 0 Å². The molecule has 0 bridgehead atoms. The number of hydrogen-bond donors (Lipinski definition) is 1. The van der Waals surface area contributed by atoms with E-state index in [1.165, 1.54) is 0 Å². The van der Waals surface area contributed by atoms with Crippen molar-refractivity contribution >= 4 is 5.97 Å². The highest BCUT2D eigenvalue weighted by molar-refractivity contribution is 5.78. The third kappa shape index (κ3) is 1.60. The van der Waals surface area contributed by atoms with Gasteiger partial charge in [-0.25, -0.2) is 0 Å². The summed E-state index contributed by atoms with van der Waals surface area (Å²) in [6, 6.07) is 0. The van der Waals surface area contributed by atoms with Crippen LogP contribution in [0, 0.1) is 12.3 Å². The first-order valence-electron chi connectivity index (χ1n) is 4.63. The van der Waals surface area contributed by atoms with E-state index in [1.54, 1.807) is 12.4 Å². The summed E-state index contributed by atoms with van der Waals surface area (Å²) in [4.78, 5) is 19.2. The number of aliphatic carboxylic acids is 1. The molecule has 0 aliphatic heterocycles. The summed E-state index contributed by atoms with van der Waals surface area (Å²) in [6.45, 7) is 1.86. The van der Waals surface area contributed by atoms with Gasteiger partial charge in [-0.05, 0) is 19.8 Å². The Kier molecular flexibility index (Phi) is 1.98. The average Bonchev–Trinajstić information content (AvgIpc) is 2.90. The van der Waals surface area contributed by atoms with Crippen molar-refractivity contribution in [2.75, 3.05) is 0 Å². The van der Waals surface area contributed by atoms with E-state index in [4.69, 9.17) is 5.11 Å². The molecule has 4 nitrogen and oxygen atoms in total. The smallest absolute Gasteiger partial charge is 0.310 e. The van der Waals surface area contributed by atoms with Crippen LogP contribution in [-0.4, -0.2) is 21.0 Å². The third-order valence-corrected chi connectivity index (χ3v) is 2.66. The zero-order chi connectivity index (χ0) is 10.2. The number of aryl methyl sites for hydroxylation is 1. The summed E-state index contributed by atoms with van der Waals surface area (Å²) in [5, 5.41) is 8.97. The molecule has 4 heteroatoms. The molecular formula is C10H12N2O2. The topological polar surface area (TPSA) is 63.1 Å². The second kappa shape index (κ2) is 3.04. The Labute approximate surface area is 82.0 Å². The fourth-order valence-corrected chi connectivity index (χ4v) is 1.47. The Bertz CT molecular complexity index is 355. The fourth-order valence-electron chi connectivity index (χ4n) is 1.47. The second-order valence-electron chi connectivity index (χ2n) is 3.91. The van der Waals surface area contributed by atoms with Gasteiger partial charge in [0.25, 0.3) is 0 Å². The van der Waals surface area contributed by atoms with E-state index in [-0.39, 0.29) is 0 Å². The molecule has 1 saturated carbocycles. The molecule has 0 amide bonds. The maximum absolute atomic E-state index is 10.9. The number of carbonyl (C=O) groups is 1. The van der Waals surface area contributed by atoms with Crippen LogP contribution >= 0.6 is 0 Å². The zero-order valence-corrected chi connectivity index (χ0v) is 8.03. The molecule has 0 aromatic carbocycles. The Balaban J connectivity index is 2.11. The van der Waals surface area contributed by atoms with Crippen LogP contribution in [-0.2, 0) is 11.2 Å². The highest BCUT2D eigenvalue weighted by Gasteiger charge is 2.50. The molecule has 1 aromatic heterocycles. The summed E-state index contributed by atoms with van der Waals surface area (Å²) < 4.78 is 0. The summed E-state index contributed by atoms with van der Waals surface area (Å²) >= 11 is 0. The molecule has 1 heterocycles. The van der Waals surface area contributed by atoms with Gasteiger partial charge in [0.2, 0.25) is 0 Å². The van der Waals surface area contributed by atoms with E-state index in [9.17, 15) is 4.79 Å². The molecule has 0 unspecified atom stereocenters. The summed E-state index contributed by atoms with van der Waals surface area (Å²) in [5.74, 6) is -0.708. The molecule has 1 aliphatic rings. The van der Waals surface area contributed by atoms with Crippen molar-refractivity contribution in [2.24, 2.45) is 5.41 Å². The van der Waals surface area contributed by atoms with Crippen LogP contribution in [0.15, 0.2) is 12.4 Å². The van der Waals surface area contributed by atoms with Crippen LogP contribution in [0.5, 0.6) is 0 Å². The third-order valence-electron chi connectivity index (χ3n) is 2.66. The van der Waals surface area contributed by atoms with Crippen molar-refractivity contribution in [1.82, 2.24) is 9.97 Å². The molecule has 2 rings (SSSR count). The largest absolute Gasteiger partial charge is 0.481 e. The second-order valence-corrected chi connectivity index (χ2v) is 3.91. The van der Waals surface area contributed by atoms with Gasteiger partial charge in [0.15, 0.2) is 0 Å². The van der Waals surface area contributed by atoms with Gasteiger partial charge in [-0.15, -0.1) is 0 Å². The lowest BCUT2D eigenvalue weighted by Crippen LogP contribution is -2.18. The normalized spacial score (nSPS) is 17.8. The van der Waals surface area contributed by atoms with Gasteiger partial charge in [0.05, 0.1) is 16.8 Å². The molecule has 0 atom stereocenters. The minimum absolute atomic E-state index is 0.510. The SMILES string of the molecule is Cc1cnc(CC2(C(=O)O)CC2)cn1. The van der Waals surface area contributed by atoms with E-state index < -0.39 is 11.4 Å². The van der Waals surface area contributed by atoms with Gasteiger partial charge >= 0.3 is 5.97 Å². The van der Waals surface area contributed by atoms with Gasteiger partial charge in [0.1, 0.15) is 0 Å². The lowest BCUT2D eigenvalue weighted by molar-refractivity contribution is -0.143. The van der Waals surface area contributed by atoms with E-state index in [1.807, 2.05) is 6.92 Å². The van der Waals surface area contributed by atoms with Crippen LogP contribution in [0.4, 0.5) is 0 Å². The summed E-state index contributed by atoms with van der Waals surface area (Å²) in [5.41, 5.74) is 1.09. The minimum Gasteiger partial charge on any atom is -0.481 e. The molecular weight excluding hydrogens is 180 g/mol. The lowest BCUT2D eigenvalue weighted by Gasteiger charge is -2.07. The quantitative estimate of drug-likeness (QED) is 0.781. The Morgan fingerprint density at radius 1 is 1.50 bits per heavy atom. The van der Waals surface area contributed by atoms with E-state index >= 15 is 0 Å². The Hall–Kier alpha value is -1.45. The van der Waals surface area contributed by atoms with Crippen LogP contribution < -0.4 is 0 Å². The lowest BCUT2D eigenvalue weighted by atomic mass is 10.0. The summed E-state index contributed by atoms with van der Waals surface area (Å²) in [6.07, 6.45) is 5.37. The molecule has 1 fully saturated rings. The first-order chi connectivity index (χ1) is 6.62. The van der Waals surface area contributed by atoms with Crippen LogP contribution in [0.1, 0.15) is 24.2 Å². The van der Waals surface area contributed by atoms with Gasteiger partial charge in [0, 0.05) is 18.8 Å². The highest BCUT2D eigenvalue weighted by atomic mass is 16.4. The maximum Gasteiger partial charge on any atom is 0.310 e. The van der Waals surface area contributed by atoms with E-state index in [0.717, 1.165) is 24.2 Å². The van der Waals surface area contributed by atoms with E-state index in [2.05, 4.69) is 9.97 Å². The van der Waals surface area contributed by atoms with Gasteiger partial charge in [-0.3, -0.25) is 14.8 Å². The molecule has 1 aromatic rings. The van der Waals surface area contributed by atoms with Crippen molar-refractivity contribution in [3.05, 3.63) is 23.8 Å². The first kappa shape index (κ1) is 9.12. The molecule has 1 aliphatic carbocycles. The predicted molar refractivity (Wildman–Crippen MR) is 49.8 cm³/mol. The Morgan fingerprint density at radius 2 is 2.21 bits per heavy atom. The van der Waals surface area contributed by atoms with Crippen LogP contribution in [0.3, 0.4) is 0 Å². The highest BCUT2D eigenvalue weighted by Crippen LogP contribution is 2.48. The number of carboxylic acids is 1. The van der Waals surface area contributed by atoms with Crippen molar-refractivity contribution < 1.29 is 9.90 Å². The number of nitrogens with zero attached hydrogens (tertiary/aromatic N) is 2. The van der Waals surface area contributed by atoms with Gasteiger partial charge in [-0.2, -0.15) is 0 Å². The molecule has 0 spiro atoms. The van der Waals surface area contributed by atoms with Crippen molar-refractivity contribution in [2.45, 2.75) is 26.2 Å². The maximum atomic E-state index is 10.9. The van der Waals surface area contributed by atoms with Gasteiger partial charge < -0.3 is 5.11 Å². The van der Waals surface area contributed by atoms with Crippen molar-refractivity contribution in [3.8, 4) is 0 Å². The van der Waals surface area contributed by atoms with Crippen molar-refractivity contribution in [1.29, 1.82) is 0 Å². The minimum atomic E-state index is -0.708. The van der Waals surface area contributed by atoms with E-state index in [0.29, 0.717) is 6.42 Å². The number of aromatic nitrogens is 2. The molecule has 74 valence electrons. The predicted octanol–water partition coefficient (Wildman–Crippen LogP) is 1.19. The standard InChI is InChI=1S/C10H12N2O2/c1-7-5-12-8(6-11-7)4-10(2-3-10)9(13)14/h5-6H,2-4H2,1H3,(H,13,14). The molecule has 0 saturated heterocycles. The van der Waals surface area contributed by atoms with Crippen LogP contribution in [0.2, 0.25) is 0 Å². The Morgan fingerprint density at radius 3 is 2.64 bits per heavy atom.